The number of carboxylic acid groups (broad SMARTS) is 1. The summed E-state index contributed by atoms with van der Waals surface area (Å²) in [6.45, 7) is 5.30. The number of phenolic OH excluding ortho intramolecular Hbond substituents is 1. The number of rotatable bonds is 7. The van der Waals surface area contributed by atoms with Crippen LogP contribution >= 0.6 is 0 Å². The van der Waals surface area contributed by atoms with Gasteiger partial charge in [0.2, 0.25) is 0 Å². The highest BCUT2D eigenvalue weighted by atomic mass is 16.6. The van der Waals surface area contributed by atoms with Crippen molar-refractivity contribution in [3.63, 3.8) is 0 Å². The first kappa shape index (κ1) is 19.0. The minimum Gasteiger partial charge on any atom is -0.508 e. The van der Waals surface area contributed by atoms with E-state index in [9.17, 15) is 14.7 Å². The summed E-state index contributed by atoms with van der Waals surface area (Å²) in [6, 6.07) is 3.99. The zero-order chi connectivity index (χ0) is 17.6. The van der Waals surface area contributed by atoms with Gasteiger partial charge in [0.15, 0.2) is 0 Å². The molecule has 128 valence electrons. The van der Waals surface area contributed by atoms with Crippen molar-refractivity contribution in [3.8, 4) is 5.75 Å². The number of esters is 1. The Morgan fingerprint density at radius 2 is 1.91 bits per heavy atom. The Morgan fingerprint density at radius 3 is 2.48 bits per heavy atom. The van der Waals surface area contributed by atoms with Gasteiger partial charge in [-0.15, -0.1) is 0 Å². The number of hydrogen-bond acceptors (Lipinski definition) is 5. The largest absolute Gasteiger partial charge is 0.508 e. The Bertz CT molecular complexity index is 563. The second kappa shape index (κ2) is 7.97. The SMILES string of the molecule is CC(C)(C)OC(=O)C(N)Cc1cc(O)ccc1CCCC(=O)O. The summed E-state index contributed by atoms with van der Waals surface area (Å²) < 4.78 is 5.25. The second-order valence-electron chi connectivity index (χ2n) is 6.54. The minimum atomic E-state index is -0.851. The molecule has 1 aromatic carbocycles. The Balaban J connectivity index is 2.79. The van der Waals surface area contributed by atoms with Crippen LogP contribution in [0.1, 0.15) is 44.7 Å². The van der Waals surface area contributed by atoms with Crippen molar-refractivity contribution < 1.29 is 24.5 Å². The van der Waals surface area contributed by atoms with Gasteiger partial charge in [0.05, 0.1) is 0 Å². The Morgan fingerprint density at radius 1 is 1.26 bits per heavy atom. The number of hydrogen-bond donors (Lipinski definition) is 3. The molecule has 0 aliphatic rings. The van der Waals surface area contributed by atoms with Crippen LogP contribution in [-0.2, 0) is 27.2 Å². The first-order valence-electron chi connectivity index (χ1n) is 7.59. The average Bonchev–Trinajstić information content (AvgIpc) is 2.38. The van der Waals surface area contributed by atoms with Gasteiger partial charge in [-0.2, -0.15) is 0 Å². The molecule has 0 saturated carbocycles. The molecule has 1 rings (SSSR count). The van der Waals surface area contributed by atoms with E-state index >= 15 is 0 Å². The van der Waals surface area contributed by atoms with Gasteiger partial charge < -0.3 is 20.7 Å². The highest BCUT2D eigenvalue weighted by Crippen LogP contribution is 2.21. The predicted molar refractivity (Wildman–Crippen MR) is 86.2 cm³/mol. The van der Waals surface area contributed by atoms with Gasteiger partial charge in [-0.25, -0.2) is 0 Å². The molecule has 0 amide bonds. The Kier molecular flexibility index (Phi) is 6.57. The first-order valence-corrected chi connectivity index (χ1v) is 7.59. The number of ether oxygens (including phenoxy) is 1. The molecule has 1 unspecified atom stereocenters. The lowest BCUT2D eigenvalue weighted by Gasteiger charge is -2.22. The zero-order valence-electron chi connectivity index (χ0n) is 13.8. The summed E-state index contributed by atoms with van der Waals surface area (Å²) >= 11 is 0. The quantitative estimate of drug-likeness (QED) is 0.662. The van der Waals surface area contributed by atoms with Crippen LogP contribution in [-0.4, -0.2) is 33.8 Å². The molecule has 0 saturated heterocycles. The van der Waals surface area contributed by atoms with E-state index < -0.39 is 23.6 Å². The number of carboxylic acids is 1. The van der Waals surface area contributed by atoms with Crippen molar-refractivity contribution in [2.75, 3.05) is 0 Å². The number of carbonyl (C=O) groups excluding carboxylic acids is 1. The molecular weight excluding hydrogens is 298 g/mol. The van der Waals surface area contributed by atoms with Gasteiger partial charge in [0, 0.05) is 6.42 Å². The monoisotopic (exact) mass is 323 g/mol. The van der Waals surface area contributed by atoms with Crippen LogP contribution in [0.15, 0.2) is 18.2 Å². The fraction of sp³-hybridized carbons (Fsp3) is 0.529. The predicted octanol–water partition coefficient (Wildman–Crippen LogP) is 2.01. The number of benzene rings is 1. The van der Waals surface area contributed by atoms with Gasteiger partial charge >= 0.3 is 11.9 Å². The Labute approximate surface area is 136 Å². The molecule has 4 N–H and O–H groups in total. The summed E-state index contributed by atoms with van der Waals surface area (Å²) in [5, 5.41) is 18.3. The van der Waals surface area contributed by atoms with Gasteiger partial charge in [0.1, 0.15) is 17.4 Å². The summed E-state index contributed by atoms with van der Waals surface area (Å²) in [5.74, 6) is -1.27. The number of aryl methyl sites for hydroxylation is 1. The van der Waals surface area contributed by atoms with E-state index in [1.54, 1.807) is 39.0 Å². The van der Waals surface area contributed by atoms with Crippen molar-refractivity contribution in [1.82, 2.24) is 0 Å². The number of nitrogens with two attached hydrogens (primary N) is 1. The fourth-order valence-electron chi connectivity index (χ4n) is 2.17. The van der Waals surface area contributed by atoms with Crippen molar-refractivity contribution in [1.29, 1.82) is 0 Å². The molecule has 1 atom stereocenters. The summed E-state index contributed by atoms with van der Waals surface area (Å²) in [5.41, 5.74) is 6.90. The summed E-state index contributed by atoms with van der Waals surface area (Å²) in [4.78, 5) is 22.6. The molecule has 23 heavy (non-hydrogen) atoms. The van der Waals surface area contributed by atoms with Gasteiger partial charge in [-0.1, -0.05) is 6.07 Å². The normalized spacial score (nSPS) is 12.7. The van der Waals surface area contributed by atoms with Gasteiger partial charge in [0.25, 0.3) is 0 Å². The number of aliphatic carboxylic acids is 1. The summed E-state index contributed by atoms with van der Waals surface area (Å²) in [7, 11) is 0. The highest BCUT2D eigenvalue weighted by Gasteiger charge is 2.23. The second-order valence-corrected chi connectivity index (χ2v) is 6.54. The smallest absolute Gasteiger partial charge is 0.323 e. The molecule has 0 heterocycles. The lowest BCUT2D eigenvalue weighted by Crippen LogP contribution is -2.39. The average molecular weight is 323 g/mol. The van der Waals surface area contributed by atoms with E-state index in [1.165, 1.54) is 0 Å². The van der Waals surface area contributed by atoms with E-state index in [0.717, 1.165) is 11.1 Å². The maximum Gasteiger partial charge on any atom is 0.323 e. The van der Waals surface area contributed by atoms with Crippen molar-refractivity contribution in [2.24, 2.45) is 5.73 Å². The molecular formula is C17H25NO5. The third-order valence-corrected chi connectivity index (χ3v) is 3.18. The van der Waals surface area contributed by atoms with Gasteiger partial charge in [-0.05, 0) is 63.3 Å². The first-order chi connectivity index (χ1) is 10.6. The molecule has 0 bridgehead atoms. The van der Waals surface area contributed by atoms with E-state index in [4.69, 9.17) is 15.6 Å². The Hall–Kier alpha value is -2.08. The van der Waals surface area contributed by atoms with E-state index in [0.29, 0.717) is 12.8 Å². The molecule has 6 heteroatoms. The molecule has 6 nitrogen and oxygen atoms in total. The van der Waals surface area contributed by atoms with Crippen LogP contribution in [0.25, 0.3) is 0 Å². The van der Waals surface area contributed by atoms with E-state index in [1.807, 2.05) is 0 Å². The lowest BCUT2D eigenvalue weighted by atomic mass is 9.96. The van der Waals surface area contributed by atoms with Crippen molar-refractivity contribution >= 4 is 11.9 Å². The summed E-state index contributed by atoms with van der Waals surface area (Å²) in [6.07, 6.45) is 1.32. The lowest BCUT2D eigenvalue weighted by molar-refractivity contribution is -0.156. The van der Waals surface area contributed by atoms with Crippen LogP contribution in [0.3, 0.4) is 0 Å². The van der Waals surface area contributed by atoms with E-state index in [-0.39, 0.29) is 18.6 Å². The fourth-order valence-corrected chi connectivity index (χ4v) is 2.17. The molecule has 0 aliphatic heterocycles. The topological polar surface area (TPSA) is 110 Å². The molecule has 0 fully saturated rings. The van der Waals surface area contributed by atoms with Gasteiger partial charge in [-0.3, -0.25) is 9.59 Å². The molecule has 0 aliphatic carbocycles. The minimum absolute atomic E-state index is 0.0679. The number of phenols is 1. The van der Waals surface area contributed by atoms with Crippen molar-refractivity contribution in [2.45, 2.75) is 58.1 Å². The molecule has 0 radical (unpaired) electrons. The number of carbonyl (C=O) groups is 2. The third kappa shape index (κ3) is 7.15. The van der Waals surface area contributed by atoms with Crippen LogP contribution in [0.2, 0.25) is 0 Å². The standard InChI is InChI=1S/C17H25NO5/c1-17(2,3)23-16(22)14(18)10-12-9-13(19)8-7-11(12)5-4-6-15(20)21/h7-9,14,19H,4-6,10,18H2,1-3H3,(H,20,21). The van der Waals surface area contributed by atoms with Crippen LogP contribution < -0.4 is 5.73 Å². The van der Waals surface area contributed by atoms with Crippen molar-refractivity contribution in [3.05, 3.63) is 29.3 Å². The maximum absolute atomic E-state index is 12.0. The van der Waals surface area contributed by atoms with E-state index in [2.05, 4.69) is 0 Å². The molecule has 1 aromatic rings. The van der Waals surface area contributed by atoms with Crippen LogP contribution in [0.5, 0.6) is 5.75 Å². The highest BCUT2D eigenvalue weighted by molar-refractivity contribution is 5.76. The molecule has 0 spiro atoms. The third-order valence-electron chi connectivity index (χ3n) is 3.18. The van der Waals surface area contributed by atoms with Crippen LogP contribution in [0, 0.1) is 0 Å². The maximum atomic E-state index is 12.0. The molecule has 0 aromatic heterocycles. The zero-order valence-corrected chi connectivity index (χ0v) is 13.8. The van der Waals surface area contributed by atoms with Crippen LogP contribution in [0.4, 0.5) is 0 Å². The number of aromatic hydroxyl groups is 1.